The minimum atomic E-state index is -0.0218. The molecule has 1 amide bonds. The van der Waals surface area contributed by atoms with Crippen LogP contribution in [0.15, 0.2) is 22.7 Å². The summed E-state index contributed by atoms with van der Waals surface area (Å²) < 4.78 is 5.36. The molecule has 1 fully saturated rings. The second-order valence-electron chi connectivity index (χ2n) is 6.29. The highest BCUT2D eigenvalue weighted by Crippen LogP contribution is 2.34. The van der Waals surface area contributed by atoms with Gasteiger partial charge in [0.2, 0.25) is 11.8 Å². The highest BCUT2D eigenvalue weighted by Gasteiger charge is 2.36. The van der Waals surface area contributed by atoms with Crippen molar-refractivity contribution in [2.75, 3.05) is 11.4 Å². The third-order valence-corrected chi connectivity index (χ3v) is 4.16. The molecule has 0 aliphatic carbocycles. The number of amides is 1. The molecule has 0 bridgehead atoms. The smallest absolute Gasteiger partial charge is 0.232 e. The topological polar surface area (TPSA) is 59.2 Å². The highest BCUT2D eigenvalue weighted by atomic mass is 16.5. The summed E-state index contributed by atoms with van der Waals surface area (Å²) in [5, 5.41) is 4.00. The largest absolute Gasteiger partial charge is 0.339 e. The molecule has 0 saturated carbocycles. The van der Waals surface area contributed by atoms with Crippen molar-refractivity contribution >= 4 is 11.6 Å². The molecule has 116 valence electrons. The van der Waals surface area contributed by atoms with Gasteiger partial charge in [-0.15, -0.1) is 0 Å². The summed E-state index contributed by atoms with van der Waals surface area (Å²) in [7, 11) is 0. The van der Waals surface area contributed by atoms with Crippen LogP contribution >= 0.6 is 0 Å². The lowest BCUT2D eigenvalue weighted by atomic mass is 10.1. The van der Waals surface area contributed by atoms with Gasteiger partial charge in [-0.2, -0.15) is 4.98 Å². The molecule has 1 atom stereocenters. The van der Waals surface area contributed by atoms with Crippen molar-refractivity contribution in [1.82, 2.24) is 10.1 Å². The number of hydrogen-bond donors (Lipinski definition) is 0. The van der Waals surface area contributed by atoms with Crippen LogP contribution in [0.25, 0.3) is 0 Å². The first-order valence-electron chi connectivity index (χ1n) is 7.67. The number of anilines is 1. The number of hydrogen-bond acceptors (Lipinski definition) is 4. The average molecular weight is 299 g/mol. The number of rotatable bonds is 3. The van der Waals surface area contributed by atoms with E-state index in [9.17, 15) is 4.79 Å². The molecule has 1 unspecified atom stereocenters. The van der Waals surface area contributed by atoms with Gasteiger partial charge in [-0.1, -0.05) is 37.2 Å². The van der Waals surface area contributed by atoms with E-state index in [2.05, 4.69) is 10.1 Å². The summed E-state index contributed by atoms with van der Waals surface area (Å²) in [6.45, 7) is 8.72. The molecule has 2 heterocycles. The normalized spacial score (nSPS) is 18.5. The molecule has 1 aromatic carbocycles. The fourth-order valence-electron chi connectivity index (χ4n) is 2.97. The van der Waals surface area contributed by atoms with Crippen molar-refractivity contribution in [3.05, 3.63) is 41.0 Å². The fourth-order valence-corrected chi connectivity index (χ4v) is 2.97. The molecule has 22 heavy (non-hydrogen) atoms. The first-order chi connectivity index (χ1) is 10.5. The van der Waals surface area contributed by atoms with Crippen molar-refractivity contribution in [2.24, 2.45) is 0 Å². The van der Waals surface area contributed by atoms with Gasteiger partial charge in [0.25, 0.3) is 0 Å². The molecule has 5 heteroatoms. The van der Waals surface area contributed by atoms with Crippen molar-refractivity contribution in [3.63, 3.8) is 0 Å². The number of aromatic nitrogens is 2. The highest BCUT2D eigenvalue weighted by molar-refractivity contribution is 5.97. The van der Waals surface area contributed by atoms with Crippen LogP contribution in [0.4, 0.5) is 5.69 Å². The van der Waals surface area contributed by atoms with Crippen LogP contribution in [0.2, 0.25) is 0 Å². The van der Waals surface area contributed by atoms with Crippen LogP contribution in [0, 0.1) is 13.8 Å². The second kappa shape index (κ2) is 5.55. The van der Waals surface area contributed by atoms with E-state index in [-0.39, 0.29) is 17.7 Å². The number of benzene rings is 1. The molecule has 5 nitrogen and oxygen atoms in total. The summed E-state index contributed by atoms with van der Waals surface area (Å²) in [6, 6.07) is 6.08. The minimum absolute atomic E-state index is 0.0218. The predicted molar refractivity (Wildman–Crippen MR) is 84.0 cm³/mol. The maximum Gasteiger partial charge on any atom is 0.232 e. The van der Waals surface area contributed by atoms with Gasteiger partial charge in [-0.05, 0) is 25.0 Å². The molecule has 1 aromatic heterocycles. The maximum atomic E-state index is 12.4. The third kappa shape index (κ3) is 2.51. The van der Waals surface area contributed by atoms with E-state index < -0.39 is 0 Å². The van der Waals surface area contributed by atoms with Gasteiger partial charge >= 0.3 is 0 Å². The van der Waals surface area contributed by atoms with Crippen LogP contribution in [0.3, 0.4) is 0 Å². The van der Waals surface area contributed by atoms with Crippen molar-refractivity contribution < 1.29 is 9.32 Å². The zero-order valence-corrected chi connectivity index (χ0v) is 13.5. The zero-order chi connectivity index (χ0) is 15.9. The fraction of sp³-hybridized carbons (Fsp3) is 0.471. The predicted octanol–water partition coefficient (Wildman–Crippen LogP) is 3.33. The van der Waals surface area contributed by atoms with Crippen LogP contribution in [0.1, 0.15) is 54.9 Å². The second-order valence-corrected chi connectivity index (χ2v) is 6.29. The number of nitrogens with zero attached hydrogens (tertiary/aromatic N) is 3. The van der Waals surface area contributed by atoms with Gasteiger partial charge in [0.05, 0.1) is 5.92 Å². The van der Waals surface area contributed by atoms with Gasteiger partial charge < -0.3 is 9.42 Å². The molecule has 3 rings (SSSR count). The van der Waals surface area contributed by atoms with Crippen molar-refractivity contribution in [1.29, 1.82) is 0 Å². The lowest BCUT2D eigenvalue weighted by Gasteiger charge is -2.21. The Hall–Kier alpha value is -2.17. The molecular weight excluding hydrogens is 278 g/mol. The van der Waals surface area contributed by atoms with E-state index in [4.69, 9.17) is 4.52 Å². The molecule has 1 aliphatic heterocycles. The Morgan fingerprint density at radius 1 is 1.27 bits per heavy atom. The Balaban J connectivity index is 1.87. The Labute approximate surface area is 130 Å². The third-order valence-electron chi connectivity index (χ3n) is 4.16. The summed E-state index contributed by atoms with van der Waals surface area (Å²) in [6.07, 6.45) is 0.424. The number of aryl methyl sites for hydroxylation is 2. The molecular formula is C17H21N3O2. The molecule has 1 saturated heterocycles. The lowest BCUT2D eigenvalue weighted by Crippen LogP contribution is -2.26. The summed E-state index contributed by atoms with van der Waals surface area (Å²) in [5.74, 6) is 1.60. The first-order valence-corrected chi connectivity index (χ1v) is 7.67. The van der Waals surface area contributed by atoms with Gasteiger partial charge in [0.15, 0.2) is 5.82 Å². The van der Waals surface area contributed by atoms with E-state index in [1.54, 1.807) is 0 Å². The Kier molecular flexibility index (Phi) is 3.72. The SMILES string of the molecule is Cc1cccc(C)c1N1CC(c2nc(C(C)C)no2)CC1=O. The van der Waals surface area contributed by atoms with Crippen LogP contribution in [0.5, 0.6) is 0 Å². The van der Waals surface area contributed by atoms with Crippen LogP contribution in [-0.2, 0) is 4.79 Å². The van der Waals surface area contributed by atoms with Crippen molar-refractivity contribution in [2.45, 2.75) is 46.0 Å². The van der Waals surface area contributed by atoms with E-state index in [1.807, 2.05) is 50.8 Å². The molecule has 0 N–H and O–H groups in total. The number of carbonyl (C=O) groups is 1. The van der Waals surface area contributed by atoms with Gasteiger partial charge in [0, 0.05) is 24.6 Å². The van der Waals surface area contributed by atoms with E-state index >= 15 is 0 Å². The zero-order valence-electron chi connectivity index (χ0n) is 13.5. The summed E-state index contributed by atoms with van der Waals surface area (Å²) >= 11 is 0. The van der Waals surface area contributed by atoms with E-state index in [0.29, 0.717) is 24.7 Å². The molecule has 0 spiro atoms. The van der Waals surface area contributed by atoms with Gasteiger partial charge in [0.1, 0.15) is 0 Å². The van der Waals surface area contributed by atoms with Gasteiger partial charge in [-0.3, -0.25) is 4.79 Å². The molecule has 1 aliphatic rings. The quantitative estimate of drug-likeness (QED) is 0.872. The van der Waals surface area contributed by atoms with E-state index in [1.165, 1.54) is 0 Å². The monoisotopic (exact) mass is 299 g/mol. The summed E-state index contributed by atoms with van der Waals surface area (Å²) in [5.41, 5.74) is 3.24. The van der Waals surface area contributed by atoms with E-state index in [0.717, 1.165) is 16.8 Å². The van der Waals surface area contributed by atoms with Crippen molar-refractivity contribution in [3.8, 4) is 0 Å². The Bertz CT molecular complexity index is 685. The Morgan fingerprint density at radius 2 is 1.95 bits per heavy atom. The van der Waals surface area contributed by atoms with Crippen LogP contribution in [-0.4, -0.2) is 22.6 Å². The number of para-hydroxylation sites is 1. The van der Waals surface area contributed by atoms with Gasteiger partial charge in [-0.25, -0.2) is 0 Å². The first kappa shape index (κ1) is 14.8. The average Bonchev–Trinajstić information content (AvgIpc) is 3.06. The lowest BCUT2D eigenvalue weighted by molar-refractivity contribution is -0.117. The Morgan fingerprint density at radius 3 is 2.55 bits per heavy atom. The molecule has 2 aromatic rings. The minimum Gasteiger partial charge on any atom is -0.339 e. The molecule has 0 radical (unpaired) electrons. The number of carbonyl (C=O) groups excluding carboxylic acids is 1. The summed E-state index contributed by atoms with van der Waals surface area (Å²) in [4.78, 5) is 18.7. The maximum absolute atomic E-state index is 12.4. The standard InChI is InChI=1S/C17H21N3O2/c1-10(2)16-18-17(22-19-16)13-8-14(21)20(9-13)15-11(3)6-5-7-12(15)4/h5-7,10,13H,8-9H2,1-4H3. The van der Waals surface area contributed by atoms with Crippen LogP contribution < -0.4 is 4.90 Å².